The van der Waals surface area contributed by atoms with E-state index in [1.165, 1.54) is 25.7 Å². The van der Waals surface area contributed by atoms with E-state index in [2.05, 4.69) is 27.7 Å². The lowest BCUT2D eigenvalue weighted by atomic mass is 9.41. The highest BCUT2D eigenvalue weighted by atomic mass is 16.4. The Bertz CT molecular complexity index is 678. The van der Waals surface area contributed by atoms with E-state index in [4.69, 9.17) is 0 Å². The van der Waals surface area contributed by atoms with Gasteiger partial charge in [0, 0.05) is 0 Å². The third kappa shape index (κ3) is 3.59. The average Bonchev–Trinajstić information content (AvgIpc) is 3.06. The zero-order valence-corrected chi connectivity index (χ0v) is 20.4. The lowest BCUT2D eigenvalue weighted by Gasteiger charge is -2.64. The van der Waals surface area contributed by atoms with Crippen LogP contribution in [-0.2, 0) is 4.79 Å². The minimum atomic E-state index is -0.679. The van der Waals surface area contributed by atoms with Gasteiger partial charge in [0.1, 0.15) is 0 Å². The number of hydrogen-bond donors (Lipinski definition) is 3. The summed E-state index contributed by atoms with van der Waals surface area (Å²) in [5, 5.41) is 31.6. The lowest BCUT2D eigenvalue weighted by molar-refractivity contribution is -0.203. The minimum absolute atomic E-state index is 0.197. The van der Waals surface area contributed by atoms with Crippen LogP contribution in [-0.4, -0.2) is 33.5 Å². The Kier molecular flexibility index (Phi) is 6.31. The van der Waals surface area contributed by atoms with E-state index >= 15 is 0 Å². The topological polar surface area (TPSA) is 77.8 Å². The van der Waals surface area contributed by atoms with Crippen molar-refractivity contribution < 1.29 is 20.1 Å². The van der Waals surface area contributed by atoms with Crippen molar-refractivity contribution in [3.05, 3.63) is 0 Å². The molecule has 0 bridgehead atoms. The molecular weight excluding hydrogens is 388 g/mol. The van der Waals surface area contributed by atoms with Crippen LogP contribution in [0, 0.1) is 58.2 Å². The van der Waals surface area contributed by atoms with Crippen molar-refractivity contribution in [2.75, 3.05) is 0 Å². The fourth-order valence-electron chi connectivity index (χ4n) is 9.76. The predicted octanol–water partition coefficient (Wildman–Crippen LogP) is 5.36. The summed E-state index contributed by atoms with van der Waals surface area (Å²) in [7, 11) is 0. The number of hydrogen-bond acceptors (Lipinski definition) is 3. The lowest BCUT2D eigenvalue weighted by Crippen LogP contribution is -2.62. The van der Waals surface area contributed by atoms with Crippen molar-refractivity contribution in [1.82, 2.24) is 0 Å². The molecule has 0 aliphatic heterocycles. The molecule has 4 nitrogen and oxygen atoms in total. The number of aliphatic hydroxyl groups is 2. The summed E-state index contributed by atoms with van der Waals surface area (Å²) in [5.74, 6) is 2.23. The van der Waals surface area contributed by atoms with Gasteiger partial charge >= 0.3 is 5.97 Å². The van der Waals surface area contributed by atoms with Gasteiger partial charge in [-0.05, 0) is 104 Å². The summed E-state index contributed by atoms with van der Waals surface area (Å²) >= 11 is 0. The molecule has 12 atom stereocenters. The van der Waals surface area contributed by atoms with Crippen LogP contribution in [0.15, 0.2) is 0 Å². The molecule has 0 aromatic carbocycles. The molecule has 0 aromatic heterocycles. The molecule has 1 unspecified atom stereocenters. The van der Waals surface area contributed by atoms with Crippen LogP contribution < -0.4 is 0 Å². The van der Waals surface area contributed by atoms with Gasteiger partial charge in [-0.1, -0.05) is 41.0 Å². The maximum atomic E-state index is 11.7. The molecule has 0 heterocycles. The highest BCUT2D eigenvalue weighted by Gasteiger charge is 2.64. The number of aliphatic hydroxyl groups excluding tert-OH is 2. The molecule has 0 amide bonds. The molecule has 0 spiro atoms. The largest absolute Gasteiger partial charge is 0.481 e. The summed E-state index contributed by atoms with van der Waals surface area (Å²) < 4.78 is 0. The van der Waals surface area contributed by atoms with Gasteiger partial charge in [-0.3, -0.25) is 4.79 Å². The van der Waals surface area contributed by atoms with Crippen molar-refractivity contribution in [3.8, 4) is 0 Å². The highest BCUT2D eigenvalue weighted by molar-refractivity contribution is 5.69. The standard InChI is InChI=1S/C27H46O4/c1-6-18-22-14-17(28)9-11-27(22,5)21-10-12-26(4)19(15(2)13-16(3)25(30)31)7-8-20(26)23(21)24(18)29/h15-24,28-29H,6-14H2,1-5H3,(H,30,31)/t15-,16?,17-,18-,19-,20+,21+,22+,23+,24+,26-,27-/m1/s1. The minimum Gasteiger partial charge on any atom is -0.481 e. The number of fused-ring (bicyclic) bond motifs is 5. The van der Waals surface area contributed by atoms with Gasteiger partial charge in [0.05, 0.1) is 18.1 Å². The van der Waals surface area contributed by atoms with Crippen molar-refractivity contribution in [2.45, 2.75) is 105 Å². The fourth-order valence-corrected chi connectivity index (χ4v) is 9.76. The van der Waals surface area contributed by atoms with Crippen LogP contribution in [0.4, 0.5) is 0 Å². The molecule has 4 aliphatic rings. The Morgan fingerprint density at radius 2 is 1.61 bits per heavy atom. The monoisotopic (exact) mass is 434 g/mol. The Morgan fingerprint density at radius 1 is 0.968 bits per heavy atom. The zero-order chi connectivity index (χ0) is 22.7. The smallest absolute Gasteiger partial charge is 0.306 e. The summed E-state index contributed by atoms with van der Waals surface area (Å²) in [6, 6.07) is 0. The Balaban J connectivity index is 1.61. The van der Waals surface area contributed by atoms with Gasteiger partial charge in [0.15, 0.2) is 0 Å². The van der Waals surface area contributed by atoms with Crippen LogP contribution in [0.5, 0.6) is 0 Å². The molecule has 0 radical (unpaired) electrons. The van der Waals surface area contributed by atoms with Crippen molar-refractivity contribution in [1.29, 1.82) is 0 Å². The number of carboxylic acid groups (broad SMARTS) is 1. The normalized spacial score (nSPS) is 51.3. The van der Waals surface area contributed by atoms with Crippen molar-refractivity contribution >= 4 is 5.97 Å². The quantitative estimate of drug-likeness (QED) is 0.544. The van der Waals surface area contributed by atoms with Crippen LogP contribution in [0.25, 0.3) is 0 Å². The van der Waals surface area contributed by atoms with Gasteiger partial charge in [-0.15, -0.1) is 0 Å². The van der Waals surface area contributed by atoms with Crippen LogP contribution >= 0.6 is 0 Å². The van der Waals surface area contributed by atoms with E-state index in [1.54, 1.807) is 0 Å². The third-order valence-electron chi connectivity index (χ3n) is 11.3. The van der Waals surface area contributed by atoms with E-state index in [-0.39, 0.29) is 29.0 Å². The Hall–Kier alpha value is -0.610. The van der Waals surface area contributed by atoms with E-state index in [0.29, 0.717) is 41.4 Å². The first-order chi connectivity index (χ1) is 14.5. The Morgan fingerprint density at radius 3 is 2.26 bits per heavy atom. The van der Waals surface area contributed by atoms with Gasteiger partial charge in [-0.2, -0.15) is 0 Å². The third-order valence-corrected chi connectivity index (χ3v) is 11.3. The first-order valence-electron chi connectivity index (χ1n) is 13.1. The number of aliphatic carboxylic acids is 1. The summed E-state index contributed by atoms with van der Waals surface area (Å²) in [6.45, 7) is 11.3. The second kappa shape index (κ2) is 8.31. The van der Waals surface area contributed by atoms with Gasteiger partial charge in [0.2, 0.25) is 0 Å². The summed E-state index contributed by atoms with van der Waals surface area (Å²) in [4.78, 5) is 11.5. The molecule has 4 saturated carbocycles. The van der Waals surface area contributed by atoms with E-state index in [0.717, 1.165) is 32.1 Å². The molecule has 4 aliphatic carbocycles. The molecule has 4 heteroatoms. The van der Waals surface area contributed by atoms with Gasteiger partial charge in [-0.25, -0.2) is 0 Å². The number of rotatable bonds is 5. The Labute approximate surface area is 189 Å². The molecule has 3 N–H and O–H groups in total. The van der Waals surface area contributed by atoms with Crippen molar-refractivity contribution in [3.63, 3.8) is 0 Å². The first kappa shape index (κ1) is 23.5. The highest BCUT2D eigenvalue weighted by Crippen LogP contribution is 2.69. The second-order valence-electron chi connectivity index (χ2n) is 12.6. The summed E-state index contributed by atoms with van der Waals surface area (Å²) in [5.41, 5.74) is 0.460. The number of carbonyl (C=O) groups is 1. The molecule has 178 valence electrons. The van der Waals surface area contributed by atoms with Gasteiger partial charge in [0.25, 0.3) is 0 Å². The fraction of sp³-hybridized carbons (Fsp3) is 0.963. The molecular formula is C27H46O4. The van der Waals surface area contributed by atoms with E-state index in [1.807, 2.05) is 6.92 Å². The number of carboxylic acids is 1. The van der Waals surface area contributed by atoms with Gasteiger partial charge < -0.3 is 15.3 Å². The zero-order valence-electron chi connectivity index (χ0n) is 20.4. The molecule has 0 aromatic rings. The maximum Gasteiger partial charge on any atom is 0.306 e. The van der Waals surface area contributed by atoms with Crippen LogP contribution in [0.2, 0.25) is 0 Å². The van der Waals surface area contributed by atoms with E-state index < -0.39 is 5.97 Å². The first-order valence-corrected chi connectivity index (χ1v) is 13.1. The summed E-state index contributed by atoms with van der Waals surface area (Å²) in [6.07, 6.45) is 8.95. The molecule has 4 rings (SSSR count). The van der Waals surface area contributed by atoms with Crippen LogP contribution in [0.1, 0.15) is 92.4 Å². The molecule has 4 fully saturated rings. The molecule has 31 heavy (non-hydrogen) atoms. The molecule has 0 saturated heterocycles. The average molecular weight is 435 g/mol. The van der Waals surface area contributed by atoms with Crippen molar-refractivity contribution in [2.24, 2.45) is 58.2 Å². The maximum absolute atomic E-state index is 11.7. The SMILES string of the molecule is CC[C@H]1[C@H](O)[C@@H]2[C@H](CC[C@]3(C)[C@@H]([C@H](C)CC(C)C(=O)O)CC[C@@H]23)[C@@]2(C)CC[C@@H](O)C[C@@H]12. The predicted molar refractivity (Wildman–Crippen MR) is 122 cm³/mol. The second-order valence-corrected chi connectivity index (χ2v) is 12.6. The van der Waals surface area contributed by atoms with E-state index in [9.17, 15) is 20.1 Å². The van der Waals surface area contributed by atoms with Crippen LogP contribution in [0.3, 0.4) is 0 Å².